The minimum atomic E-state index is -0.759. The second-order valence-electron chi connectivity index (χ2n) is 9.15. The lowest BCUT2D eigenvalue weighted by atomic mass is 10.1. The normalized spacial score (nSPS) is 14.7. The summed E-state index contributed by atoms with van der Waals surface area (Å²) in [6.45, 7) is 3.22. The maximum atomic E-state index is 13.4. The monoisotopic (exact) mass is 523 g/mol. The maximum absolute atomic E-state index is 13.4. The standard InChI is InChI=1S/C31H29N3O5/c1-3-21-9-11-23(12-10-21)34-30(36)27(29(35)32-31(34)37)19-22-20-33(28-8-5-4-7-26(22)28)17-6-18-39-25-15-13-24(38-2)14-16-25/h4-5,7-16,19-20H,3,6,17-18H2,1-2H3,(H,32,35,37)/b27-19-. The third kappa shape index (κ3) is 5.40. The van der Waals surface area contributed by atoms with Crippen molar-refractivity contribution in [3.05, 3.63) is 95.7 Å². The number of carbonyl (C=O) groups excluding carboxylic acids is 3. The highest BCUT2D eigenvalue weighted by Gasteiger charge is 2.37. The minimum Gasteiger partial charge on any atom is -0.497 e. The van der Waals surface area contributed by atoms with Crippen LogP contribution in [0.3, 0.4) is 0 Å². The Hall–Kier alpha value is -4.85. The highest BCUT2D eigenvalue weighted by molar-refractivity contribution is 6.39. The van der Waals surface area contributed by atoms with Crippen LogP contribution in [-0.4, -0.2) is 36.1 Å². The smallest absolute Gasteiger partial charge is 0.335 e. The number of hydrogen-bond acceptors (Lipinski definition) is 5. The molecule has 0 atom stereocenters. The SMILES string of the molecule is CCc1ccc(N2C(=O)NC(=O)/C(=C/c3cn(CCCOc4ccc(OC)cc4)c4ccccc34)C2=O)cc1. The van der Waals surface area contributed by atoms with Gasteiger partial charge in [-0.3, -0.25) is 14.9 Å². The zero-order chi connectivity index (χ0) is 27.4. The number of urea groups is 1. The molecule has 0 radical (unpaired) electrons. The lowest BCUT2D eigenvalue weighted by Crippen LogP contribution is -2.54. The van der Waals surface area contributed by atoms with Gasteiger partial charge in [-0.05, 0) is 66.9 Å². The van der Waals surface area contributed by atoms with E-state index < -0.39 is 17.8 Å². The maximum Gasteiger partial charge on any atom is 0.335 e. The first-order chi connectivity index (χ1) is 19.0. The van der Waals surface area contributed by atoms with E-state index in [2.05, 4.69) is 9.88 Å². The highest BCUT2D eigenvalue weighted by Crippen LogP contribution is 2.27. The van der Waals surface area contributed by atoms with E-state index in [9.17, 15) is 14.4 Å². The van der Waals surface area contributed by atoms with Crippen molar-refractivity contribution in [3.8, 4) is 11.5 Å². The summed E-state index contributed by atoms with van der Waals surface area (Å²) in [5.41, 5.74) is 3.08. The second kappa shape index (κ2) is 11.3. The van der Waals surface area contributed by atoms with Crippen LogP contribution < -0.4 is 19.7 Å². The van der Waals surface area contributed by atoms with Crippen molar-refractivity contribution < 1.29 is 23.9 Å². The Bertz CT molecular complexity index is 1550. The molecule has 1 aromatic heterocycles. The van der Waals surface area contributed by atoms with Crippen LogP contribution in [0.5, 0.6) is 11.5 Å². The Labute approximate surface area is 226 Å². The summed E-state index contributed by atoms with van der Waals surface area (Å²) in [6.07, 6.45) is 5.06. The summed E-state index contributed by atoms with van der Waals surface area (Å²) < 4.78 is 13.1. The predicted octanol–water partition coefficient (Wildman–Crippen LogP) is 5.35. The third-order valence-electron chi connectivity index (χ3n) is 6.70. The van der Waals surface area contributed by atoms with Crippen molar-refractivity contribution in [1.29, 1.82) is 0 Å². The fraction of sp³-hybridized carbons (Fsp3) is 0.194. The fourth-order valence-electron chi connectivity index (χ4n) is 4.60. The number of nitrogens with zero attached hydrogens (tertiary/aromatic N) is 2. The number of rotatable bonds is 9. The third-order valence-corrected chi connectivity index (χ3v) is 6.70. The number of barbiturate groups is 1. The molecule has 0 unspecified atom stereocenters. The second-order valence-corrected chi connectivity index (χ2v) is 9.15. The number of aryl methyl sites for hydroxylation is 2. The molecule has 4 aromatic rings. The topological polar surface area (TPSA) is 89.9 Å². The number of para-hydroxylation sites is 1. The van der Waals surface area contributed by atoms with Gasteiger partial charge in [0.05, 0.1) is 19.4 Å². The summed E-state index contributed by atoms with van der Waals surface area (Å²) in [5.74, 6) is 0.174. The molecule has 4 amide bonds. The van der Waals surface area contributed by atoms with Crippen LogP contribution >= 0.6 is 0 Å². The van der Waals surface area contributed by atoms with Crippen LogP contribution in [0.15, 0.2) is 84.6 Å². The fourth-order valence-corrected chi connectivity index (χ4v) is 4.60. The molecule has 39 heavy (non-hydrogen) atoms. The molecule has 2 heterocycles. The lowest BCUT2D eigenvalue weighted by Gasteiger charge is -2.26. The Balaban J connectivity index is 1.36. The van der Waals surface area contributed by atoms with Crippen LogP contribution in [0.2, 0.25) is 0 Å². The number of amides is 4. The molecule has 3 aromatic carbocycles. The molecule has 0 spiro atoms. The van der Waals surface area contributed by atoms with Gasteiger partial charge in [0.15, 0.2) is 0 Å². The molecule has 1 aliphatic heterocycles. The quantitative estimate of drug-likeness (QED) is 0.182. The number of ether oxygens (including phenoxy) is 2. The van der Waals surface area contributed by atoms with Gasteiger partial charge in [0.1, 0.15) is 17.1 Å². The number of hydrogen-bond donors (Lipinski definition) is 1. The number of methoxy groups -OCH3 is 1. The predicted molar refractivity (Wildman–Crippen MR) is 150 cm³/mol. The van der Waals surface area contributed by atoms with Gasteiger partial charge in [-0.1, -0.05) is 37.3 Å². The first-order valence-electron chi connectivity index (χ1n) is 12.8. The van der Waals surface area contributed by atoms with Gasteiger partial charge in [0.25, 0.3) is 11.8 Å². The number of aromatic nitrogens is 1. The summed E-state index contributed by atoms with van der Waals surface area (Å²) >= 11 is 0. The Kier molecular flexibility index (Phi) is 7.45. The molecule has 1 fully saturated rings. The molecule has 8 nitrogen and oxygen atoms in total. The van der Waals surface area contributed by atoms with Crippen molar-refractivity contribution in [1.82, 2.24) is 9.88 Å². The van der Waals surface area contributed by atoms with Crippen molar-refractivity contribution >= 4 is 40.5 Å². The van der Waals surface area contributed by atoms with E-state index in [0.29, 0.717) is 18.8 Å². The molecule has 0 saturated carbocycles. The molecule has 5 rings (SSSR count). The Morgan fingerprint density at radius 1 is 0.897 bits per heavy atom. The number of fused-ring (bicyclic) bond motifs is 1. The number of benzene rings is 3. The number of carbonyl (C=O) groups is 3. The molecular formula is C31H29N3O5. The van der Waals surface area contributed by atoms with Crippen LogP contribution in [-0.2, 0) is 22.6 Å². The molecule has 1 N–H and O–H groups in total. The van der Waals surface area contributed by atoms with Crippen molar-refractivity contribution in [2.24, 2.45) is 0 Å². The van der Waals surface area contributed by atoms with E-state index in [1.807, 2.05) is 73.8 Å². The summed E-state index contributed by atoms with van der Waals surface area (Å²) in [6, 6.07) is 21.6. The average molecular weight is 524 g/mol. The molecule has 0 bridgehead atoms. The van der Waals surface area contributed by atoms with Crippen LogP contribution in [0.4, 0.5) is 10.5 Å². The number of nitrogens with one attached hydrogen (secondary N) is 1. The summed E-state index contributed by atoms with van der Waals surface area (Å²) in [5, 5.41) is 3.20. The number of anilines is 1. The molecule has 198 valence electrons. The van der Waals surface area contributed by atoms with Gasteiger partial charge in [0, 0.05) is 29.2 Å². The molecule has 1 aliphatic rings. The average Bonchev–Trinajstić information content (AvgIpc) is 3.31. The van der Waals surface area contributed by atoms with E-state index in [1.165, 1.54) is 0 Å². The van der Waals surface area contributed by atoms with E-state index in [4.69, 9.17) is 9.47 Å². The van der Waals surface area contributed by atoms with Gasteiger partial charge in [-0.25, -0.2) is 9.69 Å². The Morgan fingerprint density at radius 3 is 2.33 bits per heavy atom. The van der Waals surface area contributed by atoms with Crippen LogP contribution in [0, 0.1) is 0 Å². The van der Waals surface area contributed by atoms with Crippen LogP contribution in [0.25, 0.3) is 17.0 Å². The largest absolute Gasteiger partial charge is 0.497 e. The number of imide groups is 2. The lowest BCUT2D eigenvalue weighted by molar-refractivity contribution is -0.122. The minimum absolute atomic E-state index is 0.0973. The van der Waals surface area contributed by atoms with E-state index >= 15 is 0 Å². The van der Waals surface area contributed by atoms with E-state index in [-0.39, 0.29) is 5.57 Å². The molecular weight excluding hydrogens is 494 g/mol. The summed E-state index contributed by atoms with van der Waals surface area (Å²) in [4.78, 5) is 39.7. The first-order valence-corrected chi connectivity index (χ1v) is 12.8. The molecule has 1 saturated heterocycles. The molecule has 8 heteroatoms. The van der Waals surface area contributed by atoms with Gasteiger partial charge < -0.3 is 14.0 Å². The van der Waals surface area contributed by atoms with Gasteiger partial charge in [-0.2, -0.15) is 0 Å². The van der Waals surface area contributed by atoms with Crippen molar-refractivity contribution in [2.75, 3.05) is 18.6 Å². The van der Waals surface area contributed by atoms with Crippen molar-refractivity contribution in [3.63, 3.8) is 0 Å². The van der Waals surface area contributed by atoms with E-state index in [0.717, 1.165) is 51.3 Å². The first kappa shape index (κ1) is 25.8. The van der Waals surface area contributed by atoms with Crippen LogP contribution in [0.1, 0.15) is 24.5 Å². The van der Waals surface area contributed by atoms with Gasteiger partial charge in [-0.15, -0.1) is 0 Å². The molecule has 0 aliphatic carbocycles. The van der Waals surface area contributed by atoms with Gasteiger partial charge in [0.2, 0.25) is 0 Å². The zero-order valence-electron chi connectivity index (χ0n) is 21.8. The van der Waals surface area contributed by atoms with Gasteiger partial charge >= 0.3 is 6.03 Å². The zero-order valence-corrected chi connectivity index (χ0v) is 21.8. The van der Waals surface area contributed by atoms with Crippen molar-refractivity contribution in [2.45, 2.75) is 26.3 Å². The Morgan fingerprint density at radius 2 is 1.62 bits per heavy atom. The van der Waals surface area contributed by atoms with E-state index in [1.54, 1.807) is 25.3 Å². The highest BCUT2D eigenvalue weighted by atomic mass is 16.5. The summed E-state index contributed by atoms with van der Waals surface area (Å²) in [7, 11) is 1.62.